The minimum atomic E-state index is 0.0486. The Morgan fingerprint density at radius 2 is 2.06 bits per heavy atom. The zero-order chi connectivity index (χ0) is 11.4. The van der Waals surface area contributed by atoms with Crippen LogP contribution in [0.5, 0.6) is 0 Å². The number of hydrogen-bond donors (Lipinski definition) is 0. The molecule has 82 valence electrons. The van der Waals surface area contributed by atoms with Gasteiger partial charge in [-0.15, -0.1) is 0 Å². The minimum absolute atomic E-state index is 0.0486. The Morgan fingerprint density at radius 1 is 1.31 bits per heavy atom. The van der Waals surface area contributed by atoms with E-state index in [0.29, 0.717) is 17.9 Å². The summed E-state index contributed by atoms with van der Waals surface area (Å²) in [5.74, 6) is 0.0486. The summed E-state index contributed by atoms with van der Waals surface area (Å²) < 4.78 is 1.50. The predicted octanol–water partition coefficient (Wildman–Crippen LogP) is 2.81. The van der Waals surface area contributed by atoms with E-state index in [1.807, 2.05) is 24.3 Å². The molecule has 0 saturated carbocycles. The first-order valence-electron chi connectivity index (χ1n) is 5.01. The van der Waals surface area contributed by atoms with Crippen molar-refractivity contribution in [2.24, 2.45) is 0 Å². The van der Waals surface area contributed by atoms with Gasteiger partial charge >= 0.3 is 0 Å². The van der Waals surface area contributed by atoms with E-state index in [0.717, 1.165) is 5.56 Å². The van der Waals surface area contributed by atoms with Gasteiger partial charge in [0.2, 0.25) is 5.91 Å². The Kier molecular flexibility index (Phi) is 3.37. The molecule has 1 aromatic heterocycles. The Morgan fingerprint density at radius 3 is 2.69 bits per heavy atom. The normalized spacial score (nSPS) is 10.3. The second-order valence-corrected chi connectivity index (χ2v) is 3.93. The van der Waals surface area contributed by atoms with Crippen LogP contribution in [0.4, 0.5) is 0 Å². The van der Waals surface area contributed by atoms with Gasteiger partial charge in [0.05, 0.1) is 0 Å². The van der Waals surface area contributed by atoms with Crippen molar-refractivity contribution >= 4 is 17.5 Å². The summed E-state index contributed by atoms with van der Waals surface area (Å²) in [6, 6.07) is 7.53. The molecule has 0 N–H and O–H groups in total. The fraction of sp³-hybridized carbons (Fsp3) is 0.167. The van der Waals surface area contributed by atoms with E-state index < -0.39 is 0 Å². The van der Waals surface area contributed by atoms with Gasteiger partial charge in [0.15, 0.2) is 0 Å². The number of carbonyl (C=O) groups excluding carboxylic acids is 1. The SMILES string of the molecule is O=C(CCc1ccc(Cl)cc1)n1ccnc1. The molecule has 0 unspecified atom stereocenters. The molecule has 3 nitrogen and oxygen atoms in total. The molecule has 0 atom stereocenters. The smallest absolute Gasteiger partial charge is 0.232 e. The Hall–Kier alpha value is -1.61. The van der Waals surface area contributed by atoms with E-state index in [1.54, 1.807) is 12.4 Å². The monoisotopic (exact) mass is 234 g/mol. The van der Waals surface area contributed by atoms with Gasteiger partial charge in [-0.3, -0.25) is 9.36 Å². The van der Waals surface area contributed by atoms with Crippen molar-refractivity contribution < 1.29 is 4.79 Å². The van der Waals surface area contributed by atoms with E-state index in [2.05, 4.69) is 4.98 Å². The first-order valence-corrected chi connectivity index (χ1v) is 5.39. The van der Waals surface area contributed by atoms with E-state index in [-0.39, 0.29) is 5.91 Å². The van der Waals surface area contributed by atoms with Crippen LogP contribution in [0.1, 0.15) is 16.8 Å². The van der Waals surface area contributed by atoms with Gasteiger partial charge < -0.3 is 0 Å². The number of aryl methyl sites for hydroxylation is 1. The van der Waals surface area contributed by atoms with Crippen molar-refractivity contribution in [3.8, 4) is 0 Å². The van der Waals surface area contributed by atoms with Gasteiger partial charge in [-0.1, -0.05) is 23.7 Å². The maximum Gasteiger partial charge on any atom is 0.232 e. The van der Waals surface area contributed by atoms with Crippen LogP contribution in [0.3, 0.4) is 0 Å². The van der Waals surface area contributed by atoms with Crippen LogP contribution >= 0.6 is 11.6 Å². The zero-order valence-electron chi connectivity index (χ0n) is 8.64. The number of halogens is 1. The van der Waals surface area contributed by atoms with Crippen LogP contribution in [-0.2, 0) is 6.42 Å². The maximum atomic E-state index is 11.6. The number of nitrogens with zero attached hydrogens (tertiary/aromatic N) is 2. The van der Waals surface area contributed by atoms with Gasteiger partial charge in [0.25, 0.3) is 0 Å². The molecular formula is C12H11ClN2O. The Labute approximate surface area is 98.7 Å². The lowest BCUT2D eigenvalue weighted by Crippen LogP contribution is -2.08. The summed E-state index contributed by atoms with van der Waals surface area (Å²) in [6.45, 7) is 0. The molecular weight excluding hydrogens is 224 g/mol. The van der Waals surface area contributed by atoms with E-state index in [9.17, 15) is 4.79 Å². The van der Waals surface area contributed by atoms with Gasteiger partial charge in [0.1, 0.15) is 6.33 Å². The van der Waals surface area contributed by atoms with Gasteiger partial charge in [-0.25, -0.2) is 4.98 Å². The Bertz CT molecular complexity index is 462. The highest BCUT2D eigenvalue weighted by Crippen LogP contribution is 2.11. The molecule has 0 aliphatic carbocycles. The number of benzene rings is 1. The van der Waals surface area contributed by atoms with Crippen molar-refractivity contribution in [2.45, 2.75) is 12.8 Å². The lowest BCUT2D eigenvalue weighted by atomic mass is 10.1. The average molecular weight is 235 g/mol. The van der Waals surface area contributed by atoms with Crippen molar-refractivity contribution in [3.05, 3.63) is 53.6 Å². The summed E-state index contributed by atoms with van der Waals surface area (Å²) in [6.07, 6.45) is 5.96. The summed E-state index contributed by atoms with van der Waals surface area (Å²) >= 11 is 5.78. The topological polar surface area (TPSA) is 34.9 Å². The van der Waals surface area contributed by atoms with Crippen molar-refractivity contribution in [3.63, 3.8) is 0 Å². The standard InChI is InChI=1S/C12H11ClN2O/c13-11-4-1-10(2-5-11)3-6-12(16)15-8-7-14-9-15/h1-2,4-5,7-9H,3,6H2. The molecule has 0 aliphatic rings. The molecule has 2 aromatic rings. The molecule has 16 heavy (non-hydrogen) atoms. The van der Waals surface area contributed by atoms with Gasteiger partial charge in [0, 0.05) is 23.8 Å². The van der Waals surface area contributed by atoms with Crippen molar-refractivity contribution in [1.29, 1.82) is 0 Å². The zero-order valence-corrected chi connectivity index (χ0v) is 9.39. The summed E-state index contributed by atoms with van der Waals surface area (Å²) in [7, 11) is 0. The van der Waals surface area contributed by atoms with Crippen LogP contribution in [0.25, 0.3) is 0 Å². The summed E-state index contributed by atoms with van der Waals surface area (Å²) in [5, 5.41) is 0.713. The highest BCUT2D eigenvalue weighted by atomic mass is 35.5. The largest absolute Gasteiger partial charge is 0.276 e. The fourth-order valence-corrected chi connectivity index (χ4v) is 1.56. The number of hydrogen-bond acceptors (Lipinski definition) is 2. The molecule has 2 rings (SSSR count). The highest BCUT2D eigenvalue weighted by Gasteiger charge is 2.04. The molecule has 4 heteroatoms. The number of aromatic nitrogens is 2. The van der Waals surface area contributed by atoms with Crippen LogP contribution in [0.15, 0.2) is 43.0 Å². The quantitative estimate of drug-likeness (QED) is 0.819. The first-order chi connectivity index (χ1) is 7.75. The van der Waals surface area contributed by atoms with E-state index >= 15 is 0 Å². The summed E-state index contributed by atoms with van der Waals surface area (Å²) in [5.41, 5.74) is 1.11. The predicted molar refractivity (Wildman–Crippen MR) is 62.6 cm³/mol. The van der Waals surface area contributed by atoms with Gasteiger partial charge in [-0.2, -0.15) is 0 Å². The highest BCUT2D eigenvalue weighted by molar-refractivity contribution is 6.30. The number of imidazole rings is 1. The van der Waals surface area contributed by atoms with E-state index in [4.69, 9.17) is 11.6 Å². The number of rotatable bonds is 3. The molecule has 0 amide bonds. The van der Waals surface area contributed by atoms with Crippen molar-refractivity contribution in [1.82, 2.24) is 9.55 Å². The molecule has 0 aliphatic heterocycles. The molecule has 1 heterocycles. The second-order valence-electron chi connectivity index (χ2n) is 3.49. The van der Waals surface area contributed by atoms with Crippen LogP contribution in [0, 0.1) is 0 Å². The molecule has 0 bridgehead atoms. The lowest BCUT2D eigenvalue weighted by Gasteiger charge is -2.01. The third-order valence-corrected chi connectivity index (χ3v) is 2.59. The third kappa shape index (κ3) is 2.70. The fourth-order valence-electron chi connectivity index (χ4n) is 1.44. The third-order valence-electron chi connectivity index (χ3n) is 2.33. The van der Waals surface area contributed by atoms with Crippen LogP contribution < -0.4 is 0 Å². The molecule has 0 radical (unpaired) electrons. The van der Waals surface area contributed by atoms with Crippen molar-refractivity contribution in [2.75, 3.05) is 0 Å². The lowest BCUT2D eigenvalue weighted by molar-refractivity contribution is 0.0903. The molecule has 0 saturated heterocycles. The Balaban J connectivity index is 1.93. The molecule has 1 aromatic carbocycles. The average Bonchev–Trinajstić information content (AvgIpc) is 2.81. The number of carbonyl (C=O) groups is 1. The first kappa shape index (κ1) is 10.9. The van der Waals surface area contributed by atoms with Crippen LogP contribution in [-0.4, -0.2) is 15.5 Å². The molecule has 0 spiro atoms. The van der Waals surface area contributed by atoms with Crippen LogP contribution in [0.2, 0.25) is 5.02 Å². The minimum Gasteiger partial charge on any atom is -0.276 e. The van der Waals surface area contributed by atoms with E-state index in [1.165, 1.54) is 10.9 Å². The molecule has 0 fully saturated rings. The summed E-state index contributed by atoms with van der Waals surface area (Å²) in [4.78, 5) is 15.5. The maximum absolute atomic E-state index is 11.6. The van der Waals surface area contributed by atoms with Gasteiger partial charge in [-0.05, 0) is 24.1 Å². The second kappa shape index (κ2) is 4.94.